The molecule has 4 aliphatic rings. The number of nitrogens with one attached hydrogen (secondary N) is 3. The number of carbonyl (C=O) groups is 4. The van der Waals surface area contributed by atoms with Crippen LogP contribution in [0.1, 0.15) is 90.1 Å². The van der Waals surface area contributed by atoms with Gasteiger partial charge in [-0.15, -0.1) is 0 Å². The molecule has 2 aromatic heterocycles. The van der Waals surface area contributed by atoms with Gasteiger partial charge in [0.1, 0.15) is 0 Å². The first-order chi connectivity index (χ1) is 24.4. The van der Waals surface area contributed by atoms with Gasteiger partial charge in [0.15, 0.2) is 11.6 Å². The summed E-state index contributed by atoms with van der Waals surface area (Å²) in [4.78, 5) is 59.7. The van der Waals surface area contributed by atoms with Crippen molar-refractivity contribution in [3.05, 3.63) is 77.8 Å². The standard InChI is InChI=1S/C39H41N7O4/c47-35-11-8-25(39(50)45-35)18-32-37(48)30-10-9-27(19-31(30)38(32)49)41-14-2-4-23-16-28(17-23)46-22-26(20-43-46)34-21-42-36-29(6-1-7-33(36)44-34)24-5-3-13-40-15-12-24/h1,5-7,9-10,19-23,25,28,32,40-41H,2-4,8,11-18H2,(H,45,47,50). The fourth-order valence-corrected chi connectivity index (χ4v) is 7.96. The Hall–Kier alpha value is -5.03. The van der Waals surface area contributed by atoms with Crippen LogP contribution in [-0.2, 0) is 9.59 Å². The molecule has 0 bridgehead atoms. The SMILES string of the molecule is O=C1CCC(CC2C(=O)c3ccc(NCCCC4CC(n5cc(-c6cnc7c(C8=CCCNCC8)cccc7n6)cn5)C4)cc3C2=O)C(=O)N1. The summed E-state index contributed by atoms with van der Waals surface area (Å²) in [5.74, 6) is -1.89. The summed E-state index contributed by atoms with van der Waals surface area (Å²) in [7, 11) is 0. The lowest BCUT2D eigenvalue weighted by molar-refractivity contribution is -0.136. The van der Waals surface area contributed by atoms with Crippen molar-refractivity contribution in [1.29, 1.82) is 0 Å². The van der Waals surface area contributed by atoms with Crippen molar-refractivity contribution in [3.8, 4) is 11.3 Å². The van der Waals surface area contributed by atoms with Crippen molar-refractivity contribution in [1.82, 2.24) is 30.4 Å². The number of imide groups is 1. The Morgan fingerprint density at radius 1 is 0.940 bits per heavy atom. The Morgan fingerprint density at radius 2 is 1.82 bits per heavy atom. The molecule has 2 aliphatic carbocycles. The number of ketones is 2. The molecule has 4 aromatic rings. The summed E-state index contributed by atoms with van der Waals surface area (Å²) in [5, 5.41) is 13.9. The molecule has 2 fully saturated rings. The maximum Gasteiger partial charge on any atom is 0.229 e. The van der Waals surface area contributed by atoms with Crippen LogP contribution >= 0.6 is 0 Å². The second-order valence-corrected chi connectivity index (χ2v) is 14.1. The molecule has 1 saturated carbocycles. The van der Waals surface area contributed by atoms with Crippen molar-refractivity contribution in [2.75, 3.05) is 25.0 Å². The number of carbonyl (C=O) groups excluding carboxylic acids is 4. The molecular formula is C39H41N7O4. The van der Waals surface area contributed by atoms with Gasteiger partial charge in [0.2, 0.25) is 11.8 Å². The van der Waals surface area contributed by atoms with Gasteiger partial charge >= 0.3 is 0 Å². The summed E-state index contributed by atoms with van der Waals surface area (Å²) >= 11 is 0. The number of benzene rings is 2. The Bertz CT molecular complexity index is 2030. The van der Waals surface area contributed by atoms with Crippen molar-refractivity contribution in [3.63, 3.8) is 0 Å². The Labute approximate surface area is 290 Å². The number of piperidine rings is 1. The lowest BCUT2D eigenvalue weighted by Crippen LogP contribution is -2.42. The van der Waals surface area contributed by atoms with Crippen LogP contribution in [-0.4, -0.2) is 62.8 Å². The fourth-order valence-electron chi connectivity index (χ4n) is 7.96. The van der Waals surface area contributed by atoms with Crippen LogP contribution in [0.2, 0.25) is 0 Å². The van der Waals surface area contributed by atoms with E-state index in [4.69, 9.17) is 9.97 Å². The minimum absolute atomic E-state index is 0.145. The Kier molecular flexibility index (Phi) is 8.82. The number of fused-ring (bicyclic) bond motifs is 2. The van der Waals surface area contributed by atoms with Gasteiger partial charge in [-0.3, -0.25) is 34.2 Å². The quantitative estimate of drug-likeness (QED) is 0.112. The minimum Gasteiger partial charge on any atom is -0.385 e. The maximum atomic E-state index is 13.2. The highest BCUT2D eigenvalue weighted by Crippen LogP contribution is 2.41. The smallest absolute Gasteiger partial charge is 0.229 e. The summed E-state index contributed by atoms with van der Waals surface area (Å²) < 4.78 is 2.08. The number of nitrogens with zero attached hydrogens (tertiary/aromatic N) is 4. The van der Waals surface area contributed by atoms with E-state index in [2.05, 4.69) is 50.1 Å². The summed E-state index contributed by atoms with van der Waals surface area (Å²) in [6.07, 6.45) is 15.2. The molecule has 2 amide bonds. The molecule has 2 aliphatic heterocycles. The lowest BCUT2D eigenvalue weighted by atomic mass is 9.77. The van der Waals surface area contributed by atoms with E-state index in [0.29, 0.717) is 29.5 Å². The van der Waals surface area contributed by atoms with Crippen molar-refractivity contribution in [2.45, 2.75) is 63.8 Å². The summed E-state index contributed by atoms with van der Waals surface area (Å²) in [6, 6.07) is 12.0. The fraction of sp³-hybridized carbons (Fsp3) is 0.410. The zero-order valence-electron chi connectivity index (χ0n) is 28.0. The van der Waals surface area contributed by atoms with Gasteiger partial charge in [0, 0.05) is 53.0 Å². The summed E-state index contributed by atoms with van der Waals surface area (Å²) in [6.45, 7) is 2.76. The number of para-hydroxylation sites is 1. The van der Waals surface area contributed by atoms with Crippen LogP contribution in [0, 0.1) is 17.8 Å². The average molecular weight is 672 g/mol. The monoisotopic (exact) mass is 671 g/mol. The number of aromatic nitrogens is 4. The van der Waals surface area contributed by atoms with Gasteiger partial charge in [-0.2, -0.15) is 5.10 Å². The maximum absolute atomic E-state index is 13.2. The van der Waals surface area contributed by atoms with E-state index < -0.39 is 17.7 Å². The van der Waals surface area contributed by atoms with Gasteiger partial charge < -0.3 is 10.6 Å². The molecule has 0 spiro atoms. The average Bonchev–Trinajstić information content (AvgIpc) is 3.54. The number of hydrogen-bond acceptors (Lipinski definition) is 9. The van der Waals surface area contributed by atoms with E-state index >= 15 is 0 Å². The predicted molar refractivity (Wildman–Crippen MR) is 189 cm³/mol. The molecule has 256 valence electrons. The van der Waals surface area contributed by atoms with Gasteiger partial charge in [-0.25, -0.2) is 4.98 Å². The van der Waals surface area contributed by atoms with Crippen LogP contribution in [0.5, 0.6) is 0 Å². The zero-order valence-corrected chi connectivity index (χ0v) is 28.0. The number of amides is 2. The minimum atomic E-state index is -0.859. The van der Waals surface area contributed by atoms with Gasteiger partial charge in [-0.1, -0.05) is 18.2 Å². The van der Waals surface area contributed by atoms with E-state index in [0.717, 1.165) is 86.1 Å². The molecule has 0 radical (unpaired) electrons. The van der Waals surface area contributed by atoms with Crippen LogP contribution in [0.3, 0.4) is 0 Å². The zero-order chi connectivity index (χ0) is 34.2. The Balaban J connectivity index is 0.812. The molecule has 1 saturated heterocycles. The van der Waals surface area contributed by atoms with Crippen molar-refractivity contribution < 1.29 is 19.2 Å². The number of rotatable bonds is 10. The predicted octanol–water partition coefficient (Wildman–Crippen LogP) is 5.54. The molecular weight excluding hydrogens is 630 g/mol. The molecule has 2 atom stereocenters. The number of hydrogen-bond donors (Lipinski definition) is 3. The highest BCUT2D eigenvalue weighted by Gasteiger charge is 2.42. The molecule has 2 aromatic carbocycles. The normalized spacial score (nSPS) is 23.6. The molecule has 50 heavy (non-hydrogen) atoms. The molecule has 2 unspecified atom stereocenters. The highest BCUT2D eigenvalue weighted by molar-refractivity contribution is 6.26. The van der Waals surface area contributed by atoms with Crippen molar-refractivity contribution in [2.24, 2.45) is 17.8 Å². The number of anilines is 1. The molecule has 11 nitrogen and oxygen atoms in total. The van der Waals surface area contributed by atoms with E-state index in [1.807, 2.05) is 24.5 Å². The van der Waals surface area contributed by atoms with Crippen LogP contribution in [0.15, 0.2) is 61.1 Å². The van der Waals surface area contributed by atoms with Crippen LogP contribution in [0.25, 0.3) is 27.9 Å². The first kappa shape index (κ1) is 32.2. The largest absolute Gasteiger partial charge is 0.385 e. The van der Waals surface area contributed by atoms with E-state index in [-0.39, 0.29) is 30.3 Å². The molecule has 3 N–H and O–H groups in total. The Morgan fingerprint density at radius 3 is 2.70 bits per heavy atom. The third kappa shape index (κ3) is 6.37. The molecule has 11 heteroatoms. The van der Waals surface area contributed by atoms with Gasteiger partial charge in [-0.05, 0) is 100 Å². The first-order valence-corrected chi connectivity index (χ1v) is 17.9. The van der Waals surface area contributed by atoms with Crippen molar-refractivity contribution >= 4 is 45.7 Å². The topological polar surface area (TPSA) is 148 Å². The second-order valence-electron chi connectivity index (χ2n) is 14.1. The van der Waals surface area contributed by atoms with Crippen LogP contribution < -0.4 is 16.0 Å². The second kappa shape index (κ2) is 13.7. The third-order valence-corrected chi connectivity index (χ3v) is 10.9. The highest BCUT2D eigenvalue weighted by atomic mass is 16.2. The summed E-state index contributed by atoms with van der Waals surface area (Å²) in [5.41, 5.74) is 7.82. The van der Waals surface area contributed by atoms with Gasteiger partial charge in [0.25, 0.3) is 0 Å². The van der Waals surface area contributed by atoms with Gasteiger partial charge in [0.05, 0.1) is 41.1 Å². The van der Waals surface area contributed by atoms with E-state index in [1.54, 1.807) is 12.1 Å². The van der Waals surface area contributed by atoms with Crippen LogP contribution in [0.4, 0.5) is 5.69 Å². The molecule has 8 rings (SSSR count). The lowest BCUT2D eigenvalue weighted by Gasteiger charge is -2.35. The third-order valence-electron chi connectivity index (χ3n) is 10.9. The van der Waals surface area contributed by atoms with E-state index in [9.17, 15) is 19.2 Å². The van der Waals surface area contributed by atoms with E-state index in [1.165, 1.54) is 11.1 Å². The molecule has 4 heterocycles. The number of Topliss-reactive ketones (excluding diaryl/α,β-unsaturated/α-hetero) is 2. The first-order valence-electron chi connectivity index (χ1n) is 17.9.